The van der Waals surface area contributed by atoms with E-state index in [0.717, 1.165) is 0 Å². The lowest BCUT2D eigenvalue weighted by Crippen LogP contribution is -2.61. The molecule has 19 heavy (non-hydrogen) atoms. The summed E-state index contributed by atoms with van der Waals surface area (Å²) in [4.78, 5) is 13.2. The van der Waals surface area contributed by atoms with Crippen LogP contribution in [0.3, 0.4) is 0 Å². The largest absolute Gasteiger partial charge is 0.388 e. The molecule has 7 nitrogen and oxygen atoms in total. The summed E-state index contributed by atoms with van der Waals surface area (Å²) in [5, 5.41) is 31.5. The van der Waals surface area contributed by atoms with Gasteiger partial charge < -0.3 is 25.4 Å². The summed E-state index contributed by atoms with van der Waals surface area (Å²) < 4.78 is 5.26. The second-order valence-corrected chi connectivity index (χ2v) is 4.76. The van der Waals surface area contributed by atoms with E-state index in [9.17, 15) is 20.1 Å². The Kier molecular flexibility index (Phi) is 6.81. The van der Waals surface area contributed by atoms with Crippen molar-refractivity contribution in [2.75, 3.05) is 25.6 Å². The lowest BCUT2D eigenvalue weighted by molar-refractivity contribution is -0.219. The van der Waals surface area contributed by atoms with Crippen LogP contribution in [-0.2, 0) is 4.74 Å². The molecule has 0 aromatic heterocycles. The van der Waals surface area contributed by atoms with Crippen molar-refractivity contribution in [1.82, 2.24) is 10.2 Å². The molecule has 1 saturated heterocycles. The molecule has 1 heterocycles. The van der Waals surface area contributed by atoms with E-state index < -0.39 is 30.6 Å². The normalized spacial score (nSPS) is 31.0. The average molecular weight is 297 g/mol. The number of aliphatic hydroxyl groups is 3. The third-order valence-electron chi connectivity index (χ3n) is 2.88. The fraction of sp³-hybridized carbons (Fsp3) is 0.909. The molecule has 2 amide bonds. The molecule has 112 valence electrons. The first-order chi connectivity index (χ1) is 9.02. The summed E-state index contributed by atoms with van der Waals surface area (Å²) in [6, 6.07) is -0.421. The van der Waals surface area contributed by atoms with Crippen LogP contribution in [-0.4, -0.2) is 76.4 Å². The van der Waals surface area contributed by atoms with Crippen molar-refractivity contribution < 1.29 is 24.9 Å². The van der Waals surface area contributed by atoms with Crippen LogP contribution in [0.15, 0.2) is 0 Å². The van der Waals surface area contributed by atoms with Gasteiger partial charge >= 0.3 is 6.03 Å². The van der Waals surface area contributed by atoms with Crippen molar-refractivity contribution in [2.45, 2.75) is 37.9 Å². The molecule has 0 aromatic rings. The molecule has 0 aliphatic carbocycles. The molecule has 0 spiro atoms. The molecular weight excluding hydrogens is 276 g/mol. The number of hydrogen-bond donors (Lipinski definition) is 4. The van der Waals surface area contributed by atoms with Crippen LogP contribution < -0.4 is 5.32 Å². The van der Waals surface area contributed by atoms with Crippen LogP contribution in [0.25, 0.3) is 0 Å². The number of nitrogens with zero attached hydrogens (tertiary/aromatic N) is 1. The minimum absolute atomic E-state index is 0.133. The Morgan fingerprint density at radius 3 is 2.68 bits per heavy atom. The van der Waals surface area contributed by atoms with Gasteiger partial charge in [0.05, 0.1) is 6.61 Å². The van der Waals surface area contributed by atoms with Gasteiger partial charge in [0.25, 0.3) is 0 Å². The first kappa shape index (κ1) is 16.5. The van der Waals surface area contributed by atoms with E-state index in [1.165, 1.54) is 4.90 Å². The molecule has 0 bridgehead atoms. The van der Waals surface area contributed by atoms with E-state index in [2.05, 4.69) is 5.32 Å². The highest BCUT2D eigenvalue weighted by molar-refractivity contribution is 6.18. The number of carbonyl (C=O) groups excluding carboxylic acids is 1. The molecule has 1 aliphatic heterocycles. The summed E-state index contributed by atoms with van der Waals surface area (Å²) >= 11 is 5.50. The van der Waals surface area contributed by atoms with Crippen molar-refractivity contribution in [3.8, 4) is 0 Å². The molecule has 1 unspecified atom stereocenters. The Balaban J connectivity index is 2.72. The van der Waals surface area contributed by atoms with Gasteiger partial charge in [-0.1, -0.05) is 6.92 Å². The van der Waals surface area contributed by atoms with Gasteiger partial charge in [-0.05, 0) is 6.42 Å². The number of aliphatic hydroxyl groups excluding tert-OH is 3. The van der Waals surface area contributed by atoms with Crippen LogP contribution in [0.1, 0.15) is 13.3 Å². The quantitative estimate of drug-likeness (QED) is 0.492. The maximum atomic E-state index is 11.9. The minimum Gasteiger partial charge on any atom is -0.388 e. The third-order valence-corrected chi connectivity index (χ3v) is 3.07. The smallest absolute Gasteiger partial charge is 0.319 e. The minimum atomic E-state index is -1.35. The van der Waals surface area contributed by atoms with E-state index in [1.807, 2.05) is 6.92 Å². The molecule has 1 aliphatic rings. The van der Waals surface area contributed by atoms with Crippen LogP contribution in [0, 0.1) is 0 Å². The Hall–Kier alpha value is -0.600. The van der Waals surface area contributed by atoms with E-state index in [-0.39, 0.29) is 12.5 Å². The van der Waals surface area contributed by atoms with Gasteiger partial charge in [0.15, 0.2) is 6.23 Å². The van der Waals surface area contributed by atoms with Crippen molar-refractivity contribution >= 4 is 17.6 Å². The predicted molar refractivity (Wildman–Crippen MR) is 68.9 cm³/mol. The van der Waals surface area contributed by atoms with E-state index in [0.29, 0.717) is 19.5 Å². The summed E-state index contributed by atoms with van der Waals surface area (Å²) in [6.45, 7) is 2.40. The van der Waals surface area contributed by atoms with Crippen LogP contribution in [0.5, 0.6) is 0 Å². The topological polar surface area (TPSA) is 102 Å². The molecule has 0 saturated carbocycles. The van der Waals surface area contributed by atoms with Crippen molar-refractivity contribution in [2.24, 2.45) is 0 Å². The van der Waals surface area contributed by atoms with E-state index >= 15 is 0 Å². The molecule has 1 rings (SSSR count). The summed E-state index contributed by atoms with van der Waals surface area (Å²) in [5.41, 5.74) is 0. The molecule has 1 fully saturated rings. The number of carbonyl (C=O) groups is 1. The highest BCUT2D eigenvalue weighted by atomic mass is 35.5. The number of rotatable bonds is 5. The predicted octanol–water partition coefficient (Wildman–Crippen LogP) is -0.914. The van der Waals surface area contributed by atoms with Crippen LogP contribution in [0.4, 0.5) is 4.79 Å². The van der Waals surface area contributed by atoms with Crippen molar-refractivity contribution in [3.63, 3.8) is 0 Å². The Morgan fingerprint density at radius 1 is 1.42 bits per heavy atom. The molecule has 0 aromatic carbocycles. The number of urea groups is 1. The summed E-state index contributed by atoms with van der Waals surface area (Å²) in [5.74, 6) is 0.279. The van der Waals surface area contributed by atoms with Gasteiger partial charge in [-0.15, -0.1) is 11.6 Å². The second kappa shape index (κ2) is 7.86. The monoisotopic (exact) mass is 296 g/mol. The van der Waals surface area contributed by atoms with Crippen LogP contribution in [0.2, 0.25) is 0 Å². The summed E-state index contributed by atoms with van der Waals surface area (Å²) in [7, 11) is 0. The van der Waals surface area contributed by atoms with Gasteiger partial charge in [-0.3, -0.25) is 4.90 Å². The first-order valence-corrected chi connectivity index (χ1v) is 6.82. The fourth-order valence-corrected chi connectivity index (χ4v) is 2.00. The number of hydrogen-bond acceptors (Lipinski definition) is 5. The lowest BCUT2D eigenvalue weighted by Gasteiger charge is -2.41. The number of alkyl halides is 1. The molecule has 4 atom stereocenters. The van der Waals surface area contributed by atoms with Gasteiger partial charge in [-0.2, -0.15) is 0 Å². The van der Waals surface area contributed by atoms with Gasteiger partial charge in [-0.25, -0.2) is 4.79 Å². The molecule has 0 radical (unpaired) electrons. The van der Waals surface area contributed by atoms with E-state index in [4.69, 9.17) is 16.3 Å². The van der Waals surface area contributed by atoms with Gasteiger partial charge in [0.2, 0.25) is 0 Å². The average Bonchev–Trinajstić information content (AvgIpc) is 2.40. The summed E-state index contributed by atoms with van der Waals surface area (Å²) in [6.07, 6.45) is -4.15. The maximum absolute atomic E-state index is 11.9. The molecular formula is C11H21ClN2O5. The molecule has 8 heteroatoms. The zero-order chi connectivity index (χ0) is 14.4. The highest BCUT2D eigenvalue weighted by Crippen LogP contribution is 2.19. The van der Waals surface area contributed by atoms with Gasteiger partial charge in [0, 0.05) is 19.0 Å². The van der Waals surface area contributed by atoms with E-state index in [1.54, 1.807) is 0 Å². The third kappa shape index (κ3) is 4.19. The van der Waals surface area contributed by atoms with Crippen molar-refractivity contribution in [1.29, 1.82) is 0 Å². The second-order valence-electron chi connectivity index (χ2n) is 4.39. The van der Waals surface area contributed by atoms with Gasteiger partial charge in [0.1, 0.15) is 18.3 Å². The molecule has 4 N–H and O–H groups in total. The highest BCUT2D eigenvalue weighted by Gasteiger charge is 2.41. The number of halogens is 1. The zero-order valence-electron chi connectivity index (χ0n) is 10.8. The standard InChI is InChI=1S/C11H21ClN2O5/c1-2-5-14(11(18)13-4-3-12)10-9(17)8(16)7(15)6-19-10/h7-10,15-17H,2-6H2,1H3,(H,13,18)/t7-,8+,9-,10?/m1/s1. The Bertz CT molecular complexity index is 294. The fourth-order valence-electron chi connectivity index (χ4n) is 1.91. The van der Waals surface area contributed by atoms with Crippen molar-refractivity contribution in [3.05, 3.63) is 0 Å². The first-order valence-electron chi connectivity index (χ1n) is 6.29. The Morgan fingerprint density at radius 2 is 2.11 bits per heavy atom. The maximum Gasteiger partial charge on any atom is 0.319 e. The number of amides is 2. The number of nitrogens with one attached hydrogen (secondary N) is 1. The zero-order valence-corrected chi connectivity index (χ0v) is 11.6. The van der Waals surface area contributed by atoms with Crippen LogP contribution >= 0.6 is 11.6 Å². The number of ether oxygens (including phenoxy) is 1. The SMILES string of the molecule is CCCN(C(=O)NCCCl)C1OC[C@@H](O)[C@H](O)[C@H]1O. The Labute approximate surface area is 117 Å². The lowest BCUT2D eigenvalue weighted by atomic mass is 10.0.